The summed E-state index contributed by atoms with van der Waals surface area (Å²) in [6.07, 6.45) is 0. The number of anilines is 1. The van der Waals surface area contributed by atoms with Crippen molar-refractivity contribution in [1.82, 2.24) is 10.1 Å². The lowest BCUT2D eigenvalue weighted by Crippen LogP contribution is -2.22. The number of hydrogen-bond acceptors (Lipinski definition) is 6. The molecule has 3 aromatic rings. The summed E-state index contributed by atoms with van der Waals surface area (Å²) >= 11 is 0. The maximum Gasteiger partial charge on any atom is 0.344 e. The van der Waals surface area contributed by atoms with Crippen LogP contribution in [0.4, 0.5) is 5.69 Å². The van der Waals surface area contributed by atoms with Crippen molar-refractivity contribution < 1.29 is 23.6 Å². The van der Waals surface area contributed by atoms with Crippen molar-refractivity contribution in [3.8, 4) is 11.3 Å². The first kappa shape index (κ1) is 20.8. The number of benzene rings is 2. The predicted octanol–water partition coefficient (Wildman–Crippen LogP) is 3.15. The Labute approximate surface area is 173 Å². The average Bonchev–Trinajstić information content (AvgIpc) is 3.14. The number of rotatable bonds is 6. The van der Waals surface area contributed by atoms with Crippen LogP contribution in [0.25, 0.3) is 11.3 Å². The Morgan fingerprint density at radius 2 is 1.70 bits per heavy atom. The van der Waals surface area contributed by atoms with E-state index >= 15 is 0 Å². The molecule has 0 unspecified atom stereocenters. The number of carbonyl (C=O) groups excluding carboxylic acids is 3. The van der Waals surface area contributed by atoms with E-state index in [1.807, 2.05) is 18.2 Å². The average molecular weight is 407 g/mol. The zero-order valence-corrected chi connectivity index (χ0v) is 16.8. The molecule has 0 saturated heterocycles. The quantitative estimate of drug-likeness (QED) is 0.630. The van der Waals surface area contributed by atoms with Gasteiger partial charge in [-0.2, -0.15) is 0 Å². The zero-order chi connectivity index (χ0) is 21.7. The van der Waals surface area contributed by atoms with Crippen LogP contribution in [0.1, 0.15) is 26.5 Å². The van der Waals surface area contributed by atoms with E-state index in [1.54, 1.807) is 57.4 Å². The lowest BCUT2D eigenvalue weighted by Gasteiger charge is -2.11. The second-order valence-electron chi connectivity index (χ2n) is 6.73. The van der Waals surface area contributed by atoms with Gasteiger partial charge in [0.05, 0.1) is 0 Å². The fourth-order valence-electron chi connectivity index (χ4n) is 2.76. The van der Waals surface area contributed by atoms with Crippen LogP contribution in [0.3, 0.4) is 0 Å². The van der Waals surface area contributed by atoms with E-state index in [-0.39, 0.29) is 11.5 Å². The molecular formula is C22H21N3O5. The molecule has 0 fully saturated rings. The van der Waals surface area contributed by atoms with E-state index in [2.05, 4.69) is 10.5 Å². The number of amides is 2. The number of nitrogens with one attached hydrogen (secondary N) is 1. The molecule has 30 heavy (non-hydrogen) atoms. The molecule has 0 aliphatic heterocycles. The van der Waals surface area contributed by atoms with Gasteiger partial charge in [0.1, 0.15) is 17.0 Å². The zero-order valence-electron chi connectivity index (χ0n) is 16.8. The first-order valence-electron chi connectivity index (χ1n) is 9.17. The van der Waals surface area contributed by atoms with E-state index in [0.717, 1.165) is 0 Å². The molecule has 2 aromatic carbocycles. The Morgan fingerprint density at radius 1 is 1.03 bits per heavy atom. The van der Waals surface area contributed by atoms with Gasteiger partial charge in [-0.3, -0.25) is 9.59 Å². The van der Waals surface area contributed by atoms with Gasteiger partial charge in [-0.1, -0.05) is 35.5 Å². The Kier molecular flexibility index (Phi) is 6.26. The molecule has 8 heteroatoms. The van der Waals surface area contributed by atoms with E-state index in [1.165, 1.54) is 4.90 Å². The van der Waals surface area contributed by atoms with Crippen LogP contribution in [0, 0.1) is 6.92 Å². The van der Waals surface area contributed by atoms with Gasteiger partial charge in [-0.15, -0.1) is 0 Å². The Balaban J connectivity index is 1.61. The van der Waals surface area contributed by atoms with Gasteiger partial charge < -0.3 is 19.5 Å². The number of aryl methyl sites for hydroxylation is 1. The predicted molar refractivity (Wildman–Crippen MR) is 110 cm³/mol. The number of hydrogen-bond donors (Lipinski definition) is 1. The maximum atomic E-state index is 12.5. The third-order valence-corrected chi connectivity index (χ3v) is 4.27. The molecule has 1 aromatic heterocycles. The second-order valence-corrected chi connectivity index (χ2v) is 6.73. The van der Waals surface area contributed by atoms with Crippen LogP contribution in [-0.4, -0.2) is 48.5 Å². The molecule has 2 amide bonds. The summed E-state index contributed by atoms with van der Waals surface area (Å²) in [5.41, 5.74) is 2.23. The van der Waals surface area contributed by atoms with E-state index in [4.69, 9.17) is 9.26 Å². The molecular weight excluding hydrogens is 386 g/mol. The first-order chi connectivity index (χ1) is 14.4. The topological polar surface area (TPSA) is 102 Å². The van der Waals surface area contributed by atoms with E-state index in [9.17, 15) is 14.4 Å². The number of ether oxygens (including phenoxy) is 1. The molecule has 0 spiro atoms. The van der Waals surface area contributed by atoms with Crippen LogP contribution in [-0.2, 0) is 9.53 Å². The van der Waals surface area contributed by atoms with Crippen LogP contribution >= 0.6 is 0 Å². The number of nitrogens with zero attached hydrogens (tertiary/aromatic N) is 2. The highest BCUT2D eigenvalue weighted by atomic mass is 16.5. The summed E-state index contributed by atoms with van der Waals surface area (Å²) in [7, 11) is 3.32. The number of carbonyl (C=O) groups is 3. The van der Waals surface area contributed by atoms with Gasteiger partial charge in [0.25, 0.3) is 11.8 Å². The van der Waals surface area contributed by atoms with Crippen LogP contribution in [0.2, 0.25) is 0 Å². The summed E-state index contributed by atoms with van der Waals surface area (Å²) in [5, 5.41) is 6.55. The molecule has 0 atom stereocenters. The van der Waals surface area contributed by atoms with Crippen molar-refractivity contribution in [2.45, 2.75) is 6.92 Å². The third kappa shape index (κ3) is 4.72. The van der Waals surface area contributed by atoms with E-state index < -0.39 is 18.5 Å². The molecule has 0 radical (unpaired) electrons. The normalized spacial score (nSPS) is 10.4. The van der Waals surface area contributed by atoms with Crippen LogP contribution < -0.4 is 5.32 Å². The monoisotopic (exact) mass is 407 g/mol. The summed E-state index contributed by atoms with van der Waals surface area (Å²) in [6, 6.07) is 15.5. The summed E-state index contributed by atoms with van der Waals surface area (Å²) in [4.78, 5) is 38.0. The minimum Gasteiger partial charge on any atom is -0.452 e. The van der Waals surface area contributed by atoms with Crippen molar-refractivity contribution in [2.75, 3.05) is 26.0 Å². The highest BCUT2D eigenvalue weighted by molar-refractivity contribution is 6.00. The fourth-order valence-corrected chi connectivity index (χ4v) is 2.76. The molecule has 0 saturated carbocycles. The molecule has 0 bridgehead atoms. The van der Waals surface area contributed by atoms with Crippen molar-refractivity contribution in [3.05, 3.63) is 71.5 Å². The fraction of sp³-hybridized carbons (Fsp3) is 0.182. The minimum atomic E-state index is -0.699. The highest BCUT2D eigenvalue weighted by Crippen LogP contribution is 2.25. The number of esters is 1. The highest BCUT2D eigenvalue weighted by Gasteiger charge is 2.23. The molecule has 154 valence electrons. The third-order valence-electron chi connectivity index (χ3n) is 4.27. The second kappa shape index (κ2) is 9.04. The van der Waals surface area contributed by atoms with Crippen molar-refractivity contribution >= 4 is 23.5 Å². The van der Waals surface area contributed by atoms with E-state index in [0.29, 0.717) is 28.3 Å². The van der Waals surface area contributed by atoms with Crippen LogP contribution in [0.5, 0.6) is 0 Å². The van der Waals surface area contributed by atoms with Crippen molar-refractivity contribution in [1.29, 1.82) is 0 Å². The molecule has 1 heterocycles. The van der Waals surface area contributed by atoms with Crippen LogP contribution in [0.15, 0.2) is 59.1 Å². The Hall–Kier alpha value is -3.94. The minimum absolute atomic E-state index is 0.139. The molecule has 8 nitrogen and oxygen atoms in total. The Morgan fingerprint density at radius 3 is 2.33 bits per heavy atom. The van der Waals surface area contributed by atoms with Gasteiger partial charge >= 0.3 is 5.97 Å². The van der Waals surface area contributed by atoms with Gasteiger partial charge in [0.2, 0.25) is 0 Å². The lowest BCUT2D eigenvalue weighted by atomic mass is 10.1. The van der Waals surface area contributed by atoms with Crippen molar-refractivity contribution in [3.63, 3.8) is 0 Å². The molecule has 0 aliphatic rings. The summed E-state index contributed by atoms with van der Waals surface area (Å²) < 4.78 is 10.3. The molecule has 0 aliphatic carbocycles. The lowest BCUT2D eigenvalue weighted by molar-refractivity contribution is -0.119. The molecule has 1 N–H and O–H groups in total. The van der Waals surface area contributed by atoms with Gasteiger partial charge in [-0.05, 0) is 31.2 Å². The standard InChI is InChI=1S/C22H21N3O5/c1-14-19(20(24-30-14)15-7-5-4-6-8-15)22(28)29-13-18(26)23-17-11-9-16(10-12-17)21(27)25(2)3/h4-12H,13H2,1-3H3,(H,23,26). The van der Waals surface area contributed by atoms with Gasteiger partial charge in [0, 0.05) is 30.9 Å². The first-order valence-corrected chi connectivity index (χ1v) is 9.17. The largest absolute Gasteiger partial charge is 0.452 e. The smallest absolute Gasteiger partial charge is 0.344 e. The van der Waals surface area contributed by atoms with Crippen molar-refractivity contribution in [2.24, 2.45) is 0 Å². The van der Waals surface area contributed by atoms with Gasteiger partial charge in [0.15, 0.2) is 6.61 Å². The molecule has 3 rings (SSSR count). The number of aromatic nitrogens is 1. The summed E-state index contributed by atoms with van der Waals surface area (Å²) in [6.45, 7) is 1.13. The summed E-state index contributed by atoms with van der Waals surface area (Å²) in [5.74, 6) is -1.04. The Bertz CT molecular complexity index is 1060. The van der Waals surface area contributed by atoms with Gasteiger partial charge in [-0.25, -0.2) is 4.79 Å². The maximum absolute atomic E-state index is 12.5. The SMILES string of the molecule is Cc1onc(-c2ccccc2)c1C(=O)OCC(=O)Nc1ccc(C(=O)N(C)C)cc1.